The van der Waals surface area contributed by atoms with Gasteiger partial charge in [0.2, 0.25) is 0 Å². The molecule has 0 spiro atoms. The van der Waals surface area contributed by atoms with Crippen molar-refractivity contribution in [2.24, 2.45) is 118 Å². The number of ketones is 2. The van der Waals surface area contributed by atoms with Gasteiger partial charge in [0.15, 0.2) is 0 Å². The van der Waals surface area contributed by atoms with E-state index >= 15 is 0 Å². The number of carboxylic acids is 3. The third-order valence-electron chi connectivity index (χ3n) is 23.9. The first-order chi connectivity index (χ1) is 44.5. The number of Topliss-reactive ketones (excluding diaryl/α,β-unsaturated/α-hetero) is 2. The van der Waals surface area contributed by atoms with Crippen LogP contribution in [0.3, 0.4) is 0 Å². The number of aromatic nitrogens is 3. The topological polar surface area (TPSA) is 258 Å². The zero-order chi connectivity index (χ0) is 65.1. The van der Waals surface area contributed by atoms with Crippen LogP contribution in [0.4, 0.5) is 0 Å². The van der Waals surface area contributed by atoms with Gasteiger partial charge in [0, 0.05) is 30.4 Å². The maximum absolute atomic E-state index is 12.0. The minimum absolute atomic E-state index is 0.0112. The molecule has 16 heteroatoms. The lowest BCUT2D eigenvalue weighted by Crippen LogP contribution is -2.23. The number of aliphatic hydroxyl groups excluding tert-OH is 1. The predicted molar refractivity (Wildman–Crippen MR) is 347 cm³/mol. The van der Waals surface area contributed by atoms with Crippen LogP contribution in [0.25, 0.3) is 0 Å². The highest BCUT2D eigenvalue weighted by molar-refractivity contribution is 5.79. The van der Waals surface area contributed by atoms with Gasteiger partial charge in [0.25, 0.3) is 6.47 Å². The summed E-state index contributed by atoms with van der Waals surface area (Å²) >= 11 is 0. The minimum atomic E-state index is -0.563. The van der Waals surface area contributed by atoms with Crippen molar-refractivity contribution < 1.29 is 63.5 Å². The van der Waals surface area contributed by atoms with E-state index < -0.39 is 17.9 Å². The molecule has 0 aliphatic heterocycles. The van der Waals surface area contributed by atoms with Crippen LogP contribution < -0.4 is 0 Å². The molecule has 4 N–H and O–H groups in total. The molecular formula is C76H105N3O13. The summed E-state index contributed by atoms with van der Waals surface area (Å²) in [6.07, 6.45) is 43.4. The molecule has 20 atom stereocenters. The summed E-state index contributed by atoms with van der Waals surface area (Å²) in [5.74, 6) is 10.9. The number of aliphatic carboxylic acids is 3. The van der Waals surface area contributed by atoms with Crippen LogP contribution in [0.5, 0.6) is 0 Å². The smallest absolute Gasteiger partial charge is 0.309 e. The number of carbonyl (C=O) groups is 7. The molecule has 16 unspecified atom stereocenters. The fourth-order valence-electron chi connectivity index (χ4n) is 19.2. The number of aliphatic hydroxyl groups is 1. The summed E-state index contributed by atoms with van der Waals surface area (Å²) in [5.41, 5.74) is 2.30. The molecular weight excluding hydrogens is 1160 g/mol. The Kier molecular flexibility index (Phi) is 26.6. The Hall–Kier alpha value is -6.16. The first kappa shape index (κ1) is 70.2. The molecule has 14 aliphatic carbocycles. The maximum Gasteiger partial charge on any atom is 0.309 e. The molecule has 14 bridgehead atoms. The first-order valence-electron chi connectivity index (χ1n) is 35.4. The Bertz CT molecular complexity index is 2640. The van der Waals surface area contributed by atoms with Crippen molar-refractivity contribution in [3.8, 4) is 0 Å². The molecule has 13 fully saturated rings. The highest BCUT2D eigenvalue weighted by Crippen LogP contribution is 2.53. The summed E-state index contributed by atoms with van der Waals surface area (Å²) in [5, 5.41) is 34.7. The van der Waals surface area contributed by atoms with Gasteiger partial charge in [-0.15, -0.1) is 0 Å². The van der Waals surface area contributed by atoms with Gasteiger partial charge in [0.05, 0.1) is 47.4 Å². The van der Waals surface area contributed by atoms with Gasteiger partial charge in [-0.1, -0.05) is 68.9 Å². The van der Waals surface area contributed by atoms with Gasteiger partial charge < -0.3 is 29.9 Å². The second-order valence-corrected chi connectivity index (χ2v) is 29.8. The fourth-order valence-corrected chi connectivity index (χ4v) is 19.2. The Morgan fingerprint density at radius 3 is 0.913 bits per heavy atom. The number of pyridine rings is 3. The van der Waals surface area contributed by atoms with Gasteiger partial charge in [0.1, 0.15) is 24.8 Å². The van der Waals surface area contributed by atoms with Crippen molar-refractivity contribution in [2.45, 2.75) is 207 Å². The minimum Gasteiger partial charge on any atom is -0.481 e. The molecule has 3 heterocycles. The average Bonchev–Trinajstić information content (AvgIpc) is 1.86. The third kappa shape index (κ3) is 20.2. The summed E-state index contributed by atoms with van der Waals surface area (Å²) in [7, 11) is 0. The lowest BCUT2D eigenvalue weighted by atomic mass is 9.86. The van der Waals surface area contributed by atoms with E-state index in [2.05, 4.69) is 31.8 Å². The Morgan fingerprint density at radius 2 is 0.717 bits per heavy atom. The lowest BCUT2D eigenvalue weighted by molar-refractivity contribution is -0.152. The molecule has 17 rings (SSSR count). The molecule has 92 heavy (non-hydrogen) atoms. The Labute approximate surface area is 545 Å². The molecule has 14 aliphatic rings. The van der Waals surface area contributed by atoms with Crippen LogP contribution in [0.15, 0.2) is 85.3 Å². The van der Waals surface area contributed by atoms with Crippen molar-refractivity contribution >= 4 is 41.9 Å². The molecule has 16 nitrogen and oxygen atoms in total. The number of nitrogens with zero attached hydrogens (tertiary/aromatic N) is 3. The molecule has 0 saturated heterocycles. The number of esters is 1. The van der Waals surface area contributed by atoms with Gasteiger partial charge in [-0.2, -0.15) is 0 Å². The van der Waals surface area contributed by atoms with E-state index in [0.29, 0.717) is 65.8 Å². The number of hydrogen-bond donors (Lipinski definition) is 4. The average molecular weight is 1270 g/mol. The number of fused-ring (bicyclic) bond motifs is 14. The zero-order valence-electron chi connectivity index (χ0n) is 54.7. The van der Waals surface area contributed by atoms with Crippen LogP contribution in [0, 0.1) is 118 Å². The number of allylic oxidation sites excluding steroid dienone is 2. The maximum atomic E-state index is 12.0. The van der Waals surface area contributed by atoms with E-state index in [1.54, 1.807) is 44.6 Å². The summed E-state index contributed by atoms with van der Waals surface area (Å²) in [4.78, 5) is 87.5. The summed E-state index contributed by atoms with van der Waals surface area (Å²) in [6.45, 7) is 4.52. The molecule has 13 saturated carbocycles. The monoisotopic (exact) mass is 1270 g/mol. The van der Waals surface area contributed by atoms with E-state index in [0.717, 1.165) is 96.3 Å². The summed E-state index contributed by atoms with van der Waals surface area (Å²) < 4.78 is 9.84. The van der Waals surface area contributed by atoms with Gasteiger partial charge in [-0.3, -0.25) is 48.5 Å². The number of carboxylic acid groups (broad SMARTS) is 3. The Balaban J connectivity index is 0.000000124. The van der Waals surface area contributed by atoms with Crippen LogP contribution in [-0.4, -0.2) is 77.3 Å². The molecule has 0 amide bonds. The van der Waals surface area contributed by atoms with Crippen molar-refractivity contribution in [3.05, 3.63) is 102 Å². The molecule has 502 valence electrons. The van der Waals surface area contributed by atoms with Gasteiger partial charge >= 0.3 is 23.9 Å². The van der Waals surface area contributed by atoms with Gasteiger partial charge in [-0.05, 0) is 268 Å². The second kappa shape index (κ2) is 34.8. The molecule has 3 aromatic rings. The van der Waals surface area contributed by atoms with Crippen LogP contribution in [-0.2, 0) is 62.9 Å². The van der Waals surface area contributed by atoms with E-state index in [-0.39, 0.29) is 42.9 Å². The van der Waals surface area contributed by atoms with Crippen molar-refractivity contribution in [1.29, 1.82) is 0 Å². The Morgan fingerprint density at radius 1 is 0.402 bits per heavy atom. The standard InChI is InChI=1S/C14H17NO2.2C9H14O.3C8H12O2.C7H7NO2.C7H10.C6H7NO/c16-14(13-8-10-4-5-11(13)7-10)17-9-12-3-1-2-6-15-12;2*1-6(10)9-5-7-2-3-8(9)4-7;3*9-8(10)7-4-5-1-2-6(7)3-5;9-6-10-5-7-3-1-2-4-8-7;1-2-7-4-3-6(1)5-7;8-5-6-3-1-2-4-7-6/h1-3,6,10-11,13H,4-5,7-9H2;2*7-9H,2-5H2,1H3;3*5-7H,1-4H2,(H,9,10);1-4,6H,5H2;1-2,6-7H,3-5H2;1-4,8H,5H2/t;2*7?,8?,9-;2*5?,6?,7-;;;;/m.1010..../s1. The largest absolute Gasteiger partial charge is 0.481 e. The van der Waals surface area contributed by atoms with Crippen molar-refractivity contribution in [1.82, 2.24) is 15.0 Å². The van der Waals surface area contributed by atoms with Crippen molar-refractivity contribution in [3.63, 3.8) is 0 Å². The van der Waals surface area contributed by atoms with E-state index in [1.807, 2.05) is 42.5 Å². The van der Waals surface area contributed by atoms with Crippen LogP contribution in [0.2, 0.25) is 0 Å². The van der Waals surface area contributed by atoms with E-state index in [1.165, 1.54) is 148 Å². The number of hydrogen-bond acceptors (Lipinski definition) is 13. The van der Waals surface area contributed by atoms with Crippen molar-refractivity contribution in [2.75, 3.05) is 0 Å². The number of carbonyl (C=O) groups excluding carboxylic acids is 4. The fraction of sp³-hybridized carbons (Fsp3) is 0.684. The van der Waals surface area contributed by atoms with E-state index in [9.17, 15) is 33.6 Å². The number of rotatable bonds is 12. The molecule has 0 aromatic carbocycles. The highest BCUT2D eigenvalue weighted by Gasteiger charge is 2.47. The summed E-state index contributed by atoms with van der Waals surface area (Å²) in [6, 6.07) is 16.5. The van der Waals surface area contributed by atoms with E-state index in [4.69, 9.17) is 25.2 Å². The van der Waals surface area contributed by atoms with Crippen LogP contribution in [0.1, 0.15) is 204 Å². The normalized spacial score (nSPS) is 34.9. The first-order valence-corrected chi connectivity index (χ1v) is 35.4. The molecule has 3 aromatic heterocycles. The zero-order valence-corrected chi connectivity index (χ0v) is 54.7. The molecule has 0 radical (unpaired) electrons. The van der Waals surface area contributed by atoms with Gasteiger partial charge in [-0.25, -0.2) is 0 Å². The second-order valence-electron chi connectivity index (χ2n) is 29.8. The van der Waals surface area contributed by atoms with Crippen LogP contribution >= 0.6 is 0 Å². The highest BCUT2D eigenvalue weighted by atomic mass is 16.5. The third-order valence-corrected chi connectivity index (χ3v) is 23.9. The SMILES string of the molecule is C1=CC2CCC1C2.CC(=O)[C@@H]1CC2CCC1C2.CC(=O)[C@H]1CC2CCC1C2.O=C(O)C1CC2CCC1C2.O=C(O)[C@@H]1CC2CCC1C2.O=C(O)[C@H]1CC2CCC1C2.O=C(OCc1ccccn1)C1CC2CCC1C2.O=COCc1ccccn1.OCc1ccccn1. The quantitative estimate of drug-likeness (QED) is 0.0746. The predicted octanol–water partition coefficient (Wildman–Crippen LogP) is 14.4. The lowest BCUT2D eigenvalue weighted by Gasteiger charge is -2.19. The number of ether oxygens (including phenoxy) is 2.